The van der Waals surface area contributed by atoms with Crippen LogP contribution in [0.25, 0.3) is 109 Å². The first-order valence-electron chi connectivity index (χ1n) is 26.4. The molecule has 15 rings (SSSR count). The van der Waals surface area contributed by atoms with Gasteiger partial charge in [0.15, 0.2) is 11.2 Å². The number of hydrogen-bond donors (Lipinski definition) is 0. The minimum absolute atomic E-state index is 0.138. The molecule has 0 radical (unpaired) electrons. The molecule has 6 heteroatoms. The van der Waals surface area contributed by atoms with Gasteiger partial charge in [-0.15, -0.1) is 0 Å². The first-order valence-corrected chi connectivity index (χ1v) is 26.4. The van der Waals surface area contributed by atoms with Gasteiger partial charge < -0.3 is 27.5 Å². The molecule has 15 aromatic rings. The molecule has 0 spiro atoms. The zero-order valence-electron chi connectivity index (χ0n) is 43.2. The summed E-state index contributed by atoms with van der Waals surface area (Å²) in [5.41, 5.74) is 17.9. The van der Waals surface area contributed by atoms with Crippen molar-refractivity contribution in [3.8, 4) is 0 Å². The van der Waals surface area contributed by atoms with E-state index in [1.807, 2.05) is 24.3 Å². The molecule has 4 aromatic heterocycles. The number of fused-ring (bicyclic) bond motifs is 14. The number of anilines is 6. The van der Waals surface area contributed by atoms with Gasteiger partial charge in [-0.05, 0) is 143 Å². The molecule has 0 aliphatic carbocycles. The highest BCUT2D eigenvalue weighted by Gasteiger charge is 2.29. The Bertz CT molecular complexity index is 4580. The lowest BCUT2D eigenvalue weighted by molar-refractivity contribution is 0.649. The molecule has 366 valence electrons. The van der Waals surface area contributed by atoms with Gasteiger partial charge in [-0.25, -0.2) is 0 Å². The van der Waals surface area contributed by atoms with Crippen molar-refractivity contribution in [3.63, 3.8) is 0 Å². The molecular formula is C70H52N2O4. The average molecular weight is 985 g/mol. The van der Waals surface area contributed by atoms with E-state index in [0.717, 1.165) is 143 Å². The van der Waals surface area contributed by atoms with E-state index in [9.17, 15) is 0 Å². The van der Waals surface area contributed by atoms with Crippen molar-refractivity contribution in [3.05, 3.63) is 216 Å². The maximum atomic E-state index is 7.24. The van der Waals surface area contributed by atoms with Crippen molar-refractivity contribution in [2.75, 3.05) is 9.80 Å². The Balaban J connectivity index is 0.906. The Kier molecular flexibility index (Phi) is 9.68. The van der Waals surface area contributed by atoms with Gasteiger partial charge in [0.1, 0.15) is 33.5 Å². The molecule has 0 unspecified atom stereocenters. The Morgan fingerprint density at radius 1 is 0.303 bits per heavy atom. The highest BCUT2D eigenvalue weighted by Crippen LogP contribution is 2.51. The highest BCUT2D eigenvalue weighted by atomic mass is 16.3. The molecule has 0 fully saturated rings. The molecular weight excluding hydrogens is 933 g/mol. The van der Waals surface area contributed by atoms with E-state index < -0.39 is 0 Å². The Morgan fingerprint density at radius 2 is 0.684 bits per heavy atom. The van der Waals surface area contributed by atoms with Gasteiger partial charge in [0, 0.05) is 77.0 Å². The predicted molar refractivity (Wildman–Crippen MR) is 318 cm³/mol. The second-order valence-electron chi connectivity index (χ2n) is 21.3. The maximum Gasteiger partial charge on any atom is 0.159 e. The van der Waals surface area contributed by atoms with Crippen molar-refractivity contribution < 1.29 is 17.7 Å². The average Bonchev–Trinajstić information content (AvgIpc) is 4.40. The van der Waals surface area contributed by atoms with Crippen LogP contribution in [0, 0.1) is 13.8 Å². The minimum atomic E-state index is 0.138. The largest absolute Gasteiger partial charge is 0.456 e. The molecule has 0 atom stereocenters. The van der Waals surface area contributed by atoms with Crippen LogP contribution in [0.1, 0.15) is 61.8 Å². The topological polar surface area (TPSA) is 59.0 Å². The van der Waals surface area contributed by atoms with Crippen LogP contribution in [0.3, 0.4) is 0 Å². The van der Waals surface area contributed by atoms with Gasteiger partial charge in [0.25, 0.3) is 0 Å². The molecule has 0 saturated heterocycles. The lowest BCUT2D eigenvalue weighted by atomic mass is 9.87. The van der Waals surface area contributed by atoms with E-state index in [1.54, 1.807) is 0 Å². The van der Waals surface area contributed by atoms with Crippen LogP contribution in [-0.2, 0) is 0 Å². The van der Waals surface area contributed by atoms with Crippen LogP contribution in [0.5, 0.6) is 0 Å². The van der Waals surface area contributed by atoms with Crippen LogP contribution in [0.15, 0.2) is 212 Å². The summed E-state index contributed by atoms with van der Waals surface area (Å²) in [7, 11) is 0. The van der Waals surface area contributed by atoms with Gasteiger partial charge in [-0.3, -0.25) is 0 Å². The van der Waals surface area contributed by atoms with E-state index in [4.69, 9.17) is 17.7 Å². The molecule has 0 aliphatic rings. The fraction of sp³-hybridized carbons (Fsp3) is 0.114. The normalized spacial score (nSPS) is 12.3. The van der Waals surface area contributed by atoms with Crippen LogP contribution in [-0.4, -0.2) is 0 Å². The van der Waals surface area contributed by atoms with Crippen LogP contribution in [0.2, 0.25) is 0 Å². The van der Waals surface area contributed by atoms with Crippen LogP contribution < -0.4 is 9.80 Å². The lowest BCUT2D eigenvalue weighted by Crippen LogP contribution is -2.11. The third kappa shape index (κ3) is 6.53. The molecule has 0 amide bonds. The first-order chi connectivity index (χ1) is 37.2. The SMILES string of the molecule is Cc1ccccc1N(c1ccc2cc3c(cc2c1)oc1c(C(C)C)c2c(oc4cc5cc(N(c6ccccc6C)c6cccc7c6oc6ccccc67)ccc5cc42)c(C(C)C)c13)c1cccc2c1oc1ccccc12. The summed E-state index contributed by atoms with van der Waals surface area (Å²) < 4.78 is 27.8. The Hall–Kier alpha value is -9.26. The Labute approximate surface area is 438 Å². The molecule has 0 N–H and O–H groups in total. The van der Waals surface area contributed by atoms with Crippen molar-refractivity contribution >= 4 is 143 Å². The molecule has 6 nitrogen and oxygen atoms in total. The summed E-state index contributed by atoms with van der Waals surface area (Å²) in [6.45, 7) is 13.4. The standard InChI is InChI=1S/C70H52N2O4/c1-39(2)63-65-53-35-43-29-31-47(71(55-23-11-7-17-41(55)5)57-25-15-21-51-49-19-9-13-27-59(49)73-67(51)57)33-45(43)37-61(53)76-70(65)64(40(3)4)66-54-36-44-30-32-48(34-46(44)38-62(54)75-69(63)66)72(56-24-12-8-18-42(56)6)58-26-16-22-52-50-20-10-14-28-60(50)74-68(52)58/h7-40H,1-6H3. The van der Waals surface area contributed by atoms with Gasteiger partial charge in [-0.2, -0.15) is 0 Å². The summed E-state index contributed by atoms with van der Waals surface area (Å²) >= 11 is 0. The van der Waals surface area contributed by atoms with Gasteiger partial charge in [-0.1, -0.05) is 137 Å². The quantitative estimate of drug-likeness (QED) is 0.151. The number of furan rings is 4. The fourth-order valence-corrected chi connectivity index (χ4v) is 12.4. The van der Waals surface area contributed by atoms with Gasteiger partial charge in [0.2, 0.25) is 0 Å². The summed E-state index contributed by atoms with van der Waals surface area (Å²) in [5, 5.41) is 13.3. The molecule has 0 bridgehead atoms. The van der Waals surface area contributed by atoms with Crippen LogP contribution in [0.4, 0.5) is 34.1 Å². The molecule has 76 heavy (non-hydrogen) atoms. The van der Waals surface area contributed by atoms with E-state index >= 15 is 0 Å². The molecule has 0 saturated carbocycles. The van der Waals surface area contributed by atoms with E-state index in [1.165, 1.54) is 22.3 Å². The third-order valence-electron chi connectivity index (χ3n) is 15.9. The first kappa shape index (κ1) is 44.2. The van der Waals surface area contributed by atoms with E-state index in [-0.39, 0.29) is 11.8 Å². The van der Waals surface area contributed by atoms with Crippen molar-refractivity contribution in [1.29, 1.82) is 0 Å². The summed E-state index contributed by atoms with van der Waals surface area (Å²) in [5.74, 6) is 0.276. The maximum absolute atomic E-state index is 7.24. The molecule has 4 heterocycles. The fourth-order valence-electron chi connectivity index (χ4n) is 12.4. The second kappa shape index (κ2) is 16.6. The number of benzene rings is 11. The van der Waals surface area contributed by atoms with Crippen molar-refractivity contribution in [2.24, 2.45) is 0 Å². The minimum Gasteiger partial charge on any atom is -0.456 e. The van der Waals surface area contributed by atoms with Crippen LogP contribution >= 0.6 is 0 Å². The summed E-state index contributed by atoms with van der Waals surface area (Å²) in [4.78, 5) is 4.67. The smallest absolute Gasteiger partial charge is 0.159 e. The molecule has 0 aliphatic heterocycles. The highest BCUT2D eigenvalue weighted by molar-refractivity contribution is 6.23. The van der Waals surface area contributed by atoms with E-state index in [2.05, 4.69) is 221 Å². The monoisotopic (exact) mass is 984 g/mol. The summed E-state index contributed by atoms with van der Waals surface area (Å²) in [6.07, 6.45) is 0. The van der Waals surface area contributed by atoms with E-state index in [0.29, 0.717) is 0 Å². The zero-order chi connectivity index (χ0) is 51.1. The van der Waals surface area contributed by atoms with Gasteiger partial charge >= 0.3 is 0 Å². The number of aryl methyl sites for hydroxylation is 2. The zero-order valence-corrected chi connectivity index (χ0v) is 43.2. The van der Waals surface area contributed by atoms with Crippen molar-refractivity contribution in [1.82, 2.24) is 0 Å². The number of rotatable bonds is 8. The lowest BCUT2D eigenvalue weighted by Gasteiger charge is -2.27. The number of para-hydroxylation sites is 6. The number of nitrogens with zero attached hydrogens (tertiary/aromatic N) is 2. The predicted octanol–water partition coefficient (Wildman–Crippen LogP) is 21.4. The Morgan fingerprint density at radius 3 is 1.12 bits per heavy atom. The number of hydrogen-bond acceptors (Lipinski definition) is 6. The third-order valence-corrected chi connectivity index (χ3v) is 15.9. The second-order valence-corrected chi connectivity index (χ2v) is 21.3. The summed E-state index contributed by atoms with van der Waals surface area (Å²) in [6, 6.07) is 69.3. The molecule has 11 aromatic carbocycles. The van der Waals surface area contributed by atoms with Crippen molar-refractivity contribution in [2.45, 2.75) is 53.4 Å². The van der Waals surface area contributed by atoms with Gasteiger partial charge in [0.05, 0.1) is 11.4 Å².